The zero-order valence-electron chi connectivity index (χ0n) is 11.9. The van der Waals surface area contributed by atoms with Crippen LogP contribution in [0.15, 0.2) is 0 Å². The van der Waals surface area contributed by atoms with Gasteiger partial charge in [0.25, 0.3) is 0 Å². The Morgan fingerprint density at radius 1 is 1.06 bits per heavy atom. The summed E-state index contributed by atoms with van der Waals surface area (Å²) < 4.78 is 15.3. The summed E-state index contributed by atoms with van der Waals surface area (Å²) in [6.45, 7) is 9.51. The van der Waals surface area contributed by atoms with Crippen LogP contribution in [-0.2, 0) is 23.8 Å². The highest BCUT2D eigenvalue weighted by Gasteiger charge is 2.43. The molecule has 0 aliphatic rings. The third-order valence-corrected chi connectivity index (χ3v) is 2.51. The molecule has 0 spiro atoms. The third kappa shape index (κ3) is 5.04. The molecule has 0 unspecified atom stereocenters. The maximum atomic E-state index is 11.9. The van der Waals surface area contributed by atoms with Crippen LogP contribution in [0.25, 0.3) is 0 Å². The van der Waals surface area contributed by atoms with Gasteiger partial charge in [0.2, 0.25) is 0 Å². The van der Waals surface area contributed by atoms with E-state index < -0.39 is 17.4 Å². The molecule has 0 fully saturated rings. The smallest absolute Gasteiger partial charge is 0.323 e. The van der Waals surface area contributed by atoms with Crippen LogP contribution in [0, 0.1) is 5.41 Å². The zero-order chi connectivity index (χ0) is 14.2. The van der Waals surface area contributed by atoms with Crippen molar-refractivity contribution in [3.63, 3.8) is 0 Å². The zero-order valence-corrected chi connectivity index (χ0v) is 11.9. The van der Waals surface area contributed by atoms with Gasteiger partial charge in [-0.15, -0.1) is 0 Å². The Morgan fingerprint density at radius 2 is 1.50 bits per heavy atom. The van der Waals surface area contributed by atoms with Gasteiger partial charge in [-0.2, -0.15) is 0 Å². The fourth-order valence-electron chi connectivity index (χ4n) is 1.37. The first kappa shape index (κ1) is 16.9. The lowest BCUT2D eigenvalue weighted by Gasteiger charge is -2.25. The molecular weight excluding hydrogens is 236 g/mol. The topological polar surface area (TPSA) is 61.8 Å². The molecule has 18 heavy (non-hydrogen) atoms. The Labute approximate surface area is 109 Å². The van der Waals surface area contributed by atoms with Crippen LogP contribution >= 0.6 is 0 Å². The SMILES string of the molecule is CCOC(=O)C(C)(CCOC(C)C)C(=O)OCC. The van der Waals surface area contributed by atoms with Crippen molar-refractivity contribution in [2.45, 2.75) is 47.1 Å². The number of rotatable bonds is 8. The van der Waals surface area contributed by atoms with Gasteiger partial charge in [0.05, 0.1) is 19.3 Å². The van der Waals surface area contributed by atoms with Crippen LogP contribution in [0.1, 0.15) is 41.0 Å². The van der Waals surface area contributed by atoms with Crippen molar-refractivity contribution >= 4 is 11.9 Å². The lowest BCUT2D eigenvalue weighted by Crippen LogP contribution is -2.40. The van der Waals surface area contributed by atoms with E-state index in [1.165, 1.54) is 6.92 Å². The van der Waals surface area contributed by atoms with Crippen molar-refractivity contribution < 1.29 is 23.8 Å². The lowest BCUT2D eigenvalue weighted by atomic mass is 9.87. The number of carbonyl (C=O) groups is 2. The summed E-state index contributed by atoms with van der Waals surface area (Å²) in [5.41, 5.74) is -1.29. The molecule has 0 aromatic rings. The van der Waals surface area contributed by atoms with Crippen LogP contribution in [0.3, 0.4) is 0 Å². The lowest BCUT2D eigenvalue weighted by molar-refractivity contribution is -0.172. The van der Waals surface area contributed by atoms with Gasteiger partial charge in [-0.3, -0.25) is 9.59 Å². The van der Waals surface area contributed by atoms with Gasteiger partial charge in [-0.25, -0.2) is 0 Å². The van der Waals surface area contributed by atoms with Gasteiger partial charge in [-0.05, 0) is 41.0 Å². The van der Waals surface area contributed by atoms with Crippen LogP contribution in [0.5, 0.6) is 0 Å². The summed E-state index contributed by atoms with van der Waals surface area (Å²) in [7, 11) is 0. The highest BCUT2D eigenvalue weighted by molar-refractivity contribution is 5.99. The third-order valence-electron chi connectivity index (χ3n) is 2.51. The summed E-state index contributed by atoms with van der Waals surface area (Å²) >= 11 is 0. The largest absolute Gasteiger partial charge is 0.465 e. The Morgan fingerprint density at radius 3 is 1.83 bits per heavy atom. The monoisotopic (exact) mass is 260 g/mol. The van der Waals surface area contributed by atoms with E-state index in [1.54, 1.807) is 13.8 Å². The van der Waals surface area contributed by atoms with Crippen molar-refractivity contribution in [3.05, 3.63) is 0 Å². The molecule has 5 nitrogen and oxygen atoms in total. The molecule has 0 aliphatic carbocycles. The summed E-state index contributed by atoms with van der Waals surface area (Å²) in [6.07, 6.45) is 0.307. The number of hydrogen-bond acceptors (Lipinski definition) is 5. The second kappa shape index (κ2) is 8.08. The molecular formula is C13H24O5. The number of hydrogen-bond donors (Lipinski definition) is 0. The maximum Gasteiger partial charge on any atom is 0.323 e. The summed E-state index contributed by atoms with van der Waals surface area (Å²) in [6, 6.07) is 0. The van der Waals surface area contributed by atoms with Crippen molar-refractivity contribution in [2.75, 3.05) is 19.8 Å². The summed E-state index contributed by atoms with van der Waals surface area (Å²) in [5.74, 6) is -1.12. The van der Waals surface area contributed by atoms with Gasteiger partial charge >= 0.3 is 11.9 Å². The van der Waals surface area contributed by atoms with E-state index in [0.29, 0.717) is 6.61 Å². The van der Waals surface area contributed by atoms with Gasteiger partial charge in [-0.1, -0.05) is 0 Å². The van der Waals surface area contributed by atoms with Crippen LogP contribution < -0.4 is 0 Å². The second-order valence-electron chi connectivity index (χ2n) is 4.44. The fourth-order valence-corrected chi connectivity index (χ4v) is 1.37. The van der Waals surface area contributed by atoms with Gasteiger partial charge in [0.15, 0.2) is 5.41 Å². The Kier molecular flexibility index (Phi) is 7.59. The van der Waals surface area contributed by atoms with Gasteiger partial charge < -0.3 is 14.2 Å². The Hall–Kier alpha value is -1.10. The molecule has 0 bridgehead atoms. The van der Waals surface area contributed by atoms with Crippen LogP contribution in [-0.4, -0.2) is 37.9 Å². The van der Waals surface area contributed by atoms with Gasteiger partial charge in [0.1, 0.15) is 0 Å². The highest BCUT2D eigenvalue weighted by Crippen LogP contribution is 2.26. The molecule has 0 aromatic carbocycles. The first-order valence-corrected chi connectivity index (χ1v) is 6.34. The molecule has 5 heteroatoms. The van der Waals surface area contributed by atoms with Crippen molar-refractivity contribution in [1.29, 1.82) is 0 Å². The van der Waals surface area contributed by atoms with Crippen LogP contribution in [0.4, 0.5) is 0 Å². The highest BCUT2D eigenvalue weighted by atomic mass is 16.6. The standard InChI is InChI=1S/C13H24O5/c1-6-16-11(14)13(5,12(15)17-7-2)8-9-18-10(3)4/h10H,6-9H2,1-5H3. The molecule has 0 aromatic heterocycles. The molecule has 0 heterocycles. The fraction of sp³-hybridized carbons (Fsp3) is 0.846. The molecule has 0 N–H and O–H groups in total. The minimum absolute atomic E-state index is 0.0543. The first-order valence-electron chi connectivity index (χ1n) is 6.34. The first-order chi connectivity index (χ1) is 8.38. The molecule has 0 atom stereocenters. The normalized spacial score (nSPS) is 11.4. The van der Waals surface area contributed by atoms with E-state index in [9.17, 15) is 9.59 Å². The van der Waals surface area contributed by atoms with E-state index in [-0.39, 0.29) is 25.7 Å². The summed E-state index contributed by atoms with van der Waals surface area (Å²) in [5, 5.41) is 0. The number of carbonyl (C=O) groups excluding carboxylic acids is 2. The van der Waals surface area contributed by atoms with E-state index in [1.807, 2.05) is 13.8 Å². The van der Waals surface area contributed by atoms with Crippen LogP contribution in [0.2, 0.25) is 0 Å². The Bertz CT molecular complexity index is 255. The number of ether oxygens (including phenoxy) is 3. The predicted molar refractivity (Wildman–Crippen MR) is 67.1 cm³/mol. The minimum atomic E-state index is -1.29. The molecule has 0 amide bonds. The second-order valence-corrected chi connectivity index (χ2v) is 4.44. The molecule has 0 rings (SSSR count). The summed E-state index contributed by atoms with van der Waals surface area (Å²) in [4.78, 5) is 23.8. The van der Waals surface area contributed by atoms with Gasteiger partial charge in [0, 0.05) is 6.61 Å². The van der Waals surface area contributed by atoms with E-state index >= 15 is 0 Å². The molecule has 0 radical (unpaired) electrons. The average molecular weight is 260 g/mol. The average Bonchev–Trinajstić information content (AvgIpc) is 2.28. The minimum Gasteiger partial charge on any atom is -0.465 e. The van der Waals surface area contributed by atoms with Crippen molar-refractivity contribution in [2.24, 2.45) is 5.41 Å². The van der Waals surface area contributed by atoms with Crippen molar-refractivity contribution in [1.82, 2.24) is 0 Å². The Balaban J connectivity index is 4.69. The predicted octanol–water partition coefficient (Wildman–Crippen LogP) is 1.93. The molecule has 0 aliphatic heterocycles. The maximum absolute atomic E-state index is 11.9. The molecule has 106 valence electrons. The van der Waals surface area contributed by atoms with E-state index in [2.05, 4.69) is 0 Å². The van der Waals surface area contributed by atoms with E-state index in [4.69, 9.17) is 14.2 Å². The van der Waals surface area contributed by atoms with Crippen molar-refractivity contribution in [3.8, 4) is 0 Å². The quantitative estimate of drug-likeness (QED) is 0.493. The molecule has 0 saturated carbocycles. The molecule has 0 saturated heterocycles. The van der Waals surface area contributed by atoms with E-state index in [0.717, 1.165) is 0 Å². The number of esters is 2.